The van der Waals surface area contributed by atoms with Gasteiger partial charge in [-0.1, -0.05) is 0 Å². The van der Waals surface area contributed by atoms with E-state index >= 15 is 0 Å². The number of fused-ring (bicyclic) bond motifs is 1. The van der Waals surface area contributed by atoms with Gasteiger partial charge in [-0.25, -0.2) is 4.98 Å². The second-order valence-electron chi connectivity index (χ2n) is 4.84. The number of piperidine rings is 1. The number of rotatable bonds is 2. The molecule has 4 nitrogen and oxygen atoms in total. The molecule has 1 fully saturated rings. The topological polar surface area (TPSA) is 42.2 Å². The monoisotopic (exact) mass is 230 g/mol. The molecule has 2 aromatic heterocycles. The zero-order valence-corrected chi connectivity index (χ0v) is 10.2. The minimum Gasteiger partial charge on any atom is -0.317 e. The first-order valence-corrected chi connectivity index (χ1v) is 6.33. The highest BCUT2D eigenvalue weighted by Gasteiger charge is 2.17. The molecule has 17 heavy (non-hydrogen) atoms. The summed E-state index contributed by atoms with van der Waals surface area (Å²) < 4.78 is 2.18. The molecular weight excluding hydrogens is 212 g/mol. The van der Waals surface area contributed by atoms with Crippen molar-refractivity contribution in [1.82, 2.24) is 19.7 Å². The molecule has 0 aliphatic carbocycles. The summed E-state index contributed by atoms with van der Waals surface area (Å²) in [5.41, 5.74) is 2.22. The number of hydrogen-bond donors (Lipinski definition) is 1. The highest BCUT2D eigenvalue weighted by molar-refractivity contribution is 5.50. The molecule has 0 atom stereocenters. The average molecular weight is 230 g/mol. The molecule has 0 bridgehead atoms. The smallest absolute Gasteiger partial charge is 0.113 e. The summed E-state index contributed by atoms with van der Waals surface area (Å²) >= 11 is 0. The Labute approximate surface area is 101 Å². The highest BCUT2D eigenvalue weighted by Crippen LogP contribution is 2.19. The lowest BCUT2D eigenvalue weighted by molar-refractivity contribution is 0.367. The van der Waals surface area contributed by atoms with Crippen LogP contribution in [-0.4, -0.2) is 27.5 Å². The van der Waals surface area contributed by atoms with Crippen LogP contribution < -0.4 is 5.32 Å². The summed E-state index contributed by atoms with van der Waals surface area (Å²) in [7, 11) is 0. The molecule has 0 amide bonds. The molecule has 1 saturated heterocycles. The number of nitrogens with one attached hydrogen (secondary N) is 1. The van der Waals surface area contributed by atoms with Crippen LogP contribution in [0.25, 0.3) is 5.52 Å². The fourth-order valence-electron chi connectivity index (χ4n) is 2.65. The minimum atomic E-state index is 0.773. The van der Waals surface area contributed by atoms with Gasteiger partial charge in [0.25, 0.3) is 0 Å². The van der Waals surface area contributed by atoms with Crippen molar-refractivity contribution in [2.24, 2.45) is 5.92 Å². The molecule has 90 valence electrons. The molecular formula is C13H18N4. The fourth-order valence-corrected chi connectivity index (χ4v) is 2.65. The van der Waals surface area contributed by atoms with Gasteiger partial charge >= 0.3 is 0 Å². The summed E-state index contributed by atoms with van der Waals surface area (Å²) in [6, 6.07) is 0. The number of imidazole rings is 1. The van der Waals surface area contributed by atoms with Crippen molar-refractivity contribution in [2.45, 2.75) is 26.2 Å². The van der Waals surface area contributed by atoms with Crippen molar-refractivity contribution in [3.8, 4) is 0 Å². The third-order valence-electron chi connectivity index (χ3n) is 3.63. The SMILES string of the molecule is Cc1nc(CC2CCNCC2)n2ccncc12. The largest absolute Gasteiger partial charge is 0.317 e. The van der Waals surface area contributed by atoms with Crippen LogP contribution in [0.15, 0.2) is 18.6 Å². The van der Waals surface area contributed by atoms with E-state index in [1.54, 1.807) is 0 Å². The van der Waals surface area contributed by atoms with Crippen LogP contribution in [0.4, 0.5) is 0 Å². The Kier molecular flexibility index (Phi) is 2.81. The first kappa shape index (κ1) is 10.7. The van der Waals surface area contributed by atoms with Crippen molar-refractivity contribution >= 4 is 5.52 Å². The normalized spacial score (nSPS) is 17.7. The average Bonchev–Trinajstić information content (AvgIpc) is 2.69. The van der Waals surface area contributed by atoms with E-state index in [4.69, 9.17) is 0 Å². The van der Waals surface area contributed by atoms with E-state index in [9.17, 15) is 0 Å². The van der Waals surface area contributed by atoms with Crippen LogP contribution in [0.5, 0.6) is 0 Å². The van der Waals surface area contributed by atoms with E-state index in [-0.39, 0.29) is 0 Å². The molecule has 4 heteroatoms. The first-order chi connectivity index (χ1) is 8.34. The molecule has 1 aliphatic heterocycles. The van der Waals surface area contributed by atoms with Gasteiger partial charge in [-0.2, -0.15) is 0 Å². The Bertz CT molecular complexity index is 511. The Morgan fingerprint density at radius 1 is 1.41 bits per heavy atom. The lowest BCUT2D eigenvalue weighted by Crippen LogP contribution is -2.29. The molecule has 0 saturated carbocycles. The summed E-state index contributed by atoms with van der Waals surface area (Å²) in [4.78, 5) is 8.85. The summed E-state index contributed by atoms with van der Waals surface area (Å²) in [5, 5.41) is 3.41. The number of hydrogen-bond acceptors (Lipinski definition) is 3. The maximum absolute atomic E-state index is 4.69. The predicted octanol–water partition coefficient (Wildman–Crippen LogP) is 1.58. The van der Waals surface area contributed by atoms with Crippen molar-refractivity contribution in [3.05, 3.63) is 30.1 Å². The van der Waals surface area contributed by atoms with Crippen molar-refractivity contribution < 1.29 is 0 Å². The maximum atomic E-state index is 4.69. The number of nitrogens with zero attached hydrogens (tertiary/aromatic N) is 3. The quantitative estimate of drug-likeness (QED) is 0.851. The Balaban J connectivity index is 1.89. The number of aromatic nitrogens is 3. The van der Waals surface area contributed by atoms with E-state index in [1.807, 2.05) is 18.6 Å². The third-order valence-corrected chi connectivity index (χ3v) is 3.63. The van der Waals surface area contributed by atoms with Gasteiger partial charge in [0, 0.05) is 18.8 Å². The fraction of sp³-hybridized carbons (Fsp3) is 0.538. The maximum Gasteiger partial charge on any atom is 0.113 e. The van der Waals surface area contributed by atoms with E-state index in [1.165, 1.54) is 18.7 Å². The van der Waals surface area contributed by atoms with Crippen LogP contribution in [0.1, 0.15) is 24.4 Å². The molecule has 1 N–H and O–H groups in total. The van der Waals surface area contributed by atoms with Gasteiger partial charge < -0.3 is 9.72 Å². The molecule has 0 unspecified atom stereocenters. The number of aryl methyl sites for hydroxylation is 1. The van der Waals surface area contributed by atoms with Gasteiger partial charge in [-0.3, -0.25) is 4.98 Å². The summed E-state index contributed by atoms with van der Waals surface area (Å²) in [5.74, 6) is 1.96. The van der Waals surface area contributed by atoms with Crippen LogP contribution in [-0.2, 0) is 6.42 Å². The van der Waals surface area contributed by atoms with Crippen molar-refractivity contribution in [3.63, 3.8) is 0 Å². The first-order valence-electron chi connectivity index (χ1n) is 6.33. The Morgan fingerprint density at radius 2 is 2.24 bits per heavy atom. The molecule has 0 spiro atoms. The molecule has 3 rings (SSSR count). The lowest BCUT2D eigenvalue weighted by atomic mass is 9.94. The predicted molar refractivity (Wildman–Crippen MR) is 67.0 cm³/mol. The van der Waals surface area contributed by atoms with E-state index in [0.717, 1.165) is 36.6 Å². The van der Waals surface area contributed by atoms with Crippen molar-refractivity contribution in [1.29, 1.82) is 0 Å². The Morgan fingerprint density at radius 3 is 3.06 bits per heavy atom. The zero-order chi connectivity index (χ0) is 11.7. The summed E-state index contributed by atoms with van der Waals surface area (Å²) in [6.45, 7) is 4.35. The second-order valence-corrected chi connectivity index (χ2v) is 4.84. The highest BCUT2D eigenvalue weighted by atomic mass is 15.0. The molecule has 2 aromatic rings. The van der Waals surface area contributed by atoms with Gasteiger partial charge in [0.15, 0.2) is 0 Å². The zero-order valence-electron chi connectivity index (χ0n) is 10.2. The molecule has 1 aliphatic rings. The molecule has 3 heterocycles. The van der Waals surface area contributed by atoms with Gasteiger partial charge in [-0.05, 0) is 38.8 Å². The van der Waals surface area contributed by atoms with Gasteiger partial charge in [0.2, 0.25) is 0 Å². The van der Waals surface area contributed by atoms with Gasteiger partial charge in [-0.15, -0.1) is 0 Å². The van der Waals surface area contributed by atoms with Crippen LogP contribution >= 0.6 is 0 Å². The molecule has 0 radical (unpaired) electrons. The minimum absolute atomic E-state index is 0.773. The lowest BCUT2D eigenvalue weighted by Gasteiger charge is -2.21. The standard InChI is InChI=1S/C13H18N4/c1-10-12-9-15-6-7-17(12)13(16-10)8-11-2-4-14-5-3-11/h6-7,9,11,14H,2-5,8H2,1H3. The Hall–Kier alpha value is -1.42. The van der Waals surface area contributed by atoms with Crippen molar-refractivity contribution in [2.75, 3.05) is 13.1 Å². The molecule has 0 aromatic carbocycles. The van der Waals surface area contributed by atoms with E-state index in [2.05, 4.69) is 26.6 Å². The summed E-state index contributed by atoms with van der Waals surface area (Å²) in [6.07, 6.45) is 9.36. The van der Waals surface area contributed by atoms with Gasteiger partial charge in [0.05, 0.1) is 17.4 Å². The van der Waals surface area contributed by atoms with Crippen LogP contribution in [0.2, 0.25) is 0 Å². The second kappa shape index (κ2) is 4.45. The van der Waals surface area contributed by atoms with E-state index in [0.29, 0.717) is 0 Å². The van der Waals surface area contributed by atoms with E-state index < -0.39 is 0 Å². The van der Waals surface area contributed by atoms with Gasteiger partial charge in [0.1, 0.15) is 5.82 Å². The third kappa shape index (κ3) is 2.05. The van der Waals surface area contributed by atoms with Crippen LogP contribution in [0, 0.1) is 12.8 Å². The van der Waals surface area contributed by atoms with Crippen LogP contribution in [0.3, 0.4) is 0 Å².